The minimum atomic E-state index is 0.171. The molecule has 0 heterocycles. The largest absolute Gasteiger partial charge is 0.324 e. The van der Waals surface area contributed by atoms with Gasteiger partial charge in [-0.1, -0.05) is 37.3 Å². The van der Waals surface area contributed by atoms with E-state index in [0.29, 0.717) is 0 Å². The average Bonchev–Trinajstić information content (AvgIpc) is 2.74. The highest BCUT2D eigenvalue weighted by Crippen LogP contribution is 2.34. The van der Waals surface area contributed by atoms with Gasteiger partial charge in [0.15, 0.2) is 0 Å². The van der Waals surface area contributed by atoms with Gasteiger partial charge in [0, 0.05) is 6.04 Å². The Kier molecular flexibility index (Phi) is 2.22. The smallest absolute Gasteiger partial charge is 0.0298 e. The molecule has 0 fully saturated rings. The molecule has 0 aliphatic heterocycles. The van der Waals surface area contributed by atoms with Crippen LogP contribution in [-0.2, 0) is 12.8 Å². The average molecular weight is 211 g/mol. The van der Waals surface area contributed by atoms with E-state index >= 15 is 0 Å². The van der Waals surface area contributed by atoms with Crippen LogP contribution >= 0.6 is 0 Å². The van der Waals surface area contributed by atoms with Crippen molar-refractivity contribution in [3.05, 3.63) is 47.0 Å². The van der Waals surface area contributed by atoms with Gasteiger partial charge in [0.2, 0.25) is 0 Å². The first kappa shape index (κ1) is 9.86. The molecule has 0 spiro atoms. The Morgan fingerprint density at radius 1 is 1.12 bits per heavy atom. The van der Waals surface area contributed by atoms with Gasteiger partial charge >= 0.3 is 0 Å². The van der Waals surface area contributed by atoms with Gasteiger partial charge in [-0.15, -0.1) is 0 Å². The van der Waals surface area contributed by atoms with Crippen LogP contribution in [0.2, 0.25) is 0 Å². The van der Waals surface area contributed by atoms with Crippen molar-refractivity contribution in [2.45, 2.75) is 32.2 Å². The fourth-order valence-corrected chi connectivity index (χ4v) is 2.81. The van der Waals surface area contributed by atoms with Crippen molar-refractivity contribution in [2.24, 2.45) is 5.73 Å². The highest BCUT2D eigenvalue weighted by Gasteiger charge is 2.17. The van der Waals surface area contributed by atoms with Crippen LogP contribution in [0.4, 0.5) is 0 Å². The van der Waals surface area contributed by atoms with E-state index < -0.39 is 0 Å². The second-order valence-electron chi connectivity index (χ2n) is 4.67. The first-order valence-electron chi connectivity index (χ1n) is 6.10. The molecule has 16 heavy (non-hydrogen) atoms. The number of nitrogens with two attached hydrogens (primary N) is 1. The van der Waals surface area contributed by atoms with Gasteiger partial charge in [-0.05, 0) is 46.7 Å². The third-order valence-electron chi connectivity index (χ3n) is 3.75. The Labute approximate surface area is 96.3 Å². The maximum atomic E-state index is 6.18. The molecule has 1 aliphatic carbocycles. The number of hydrogen-bond acceptors (Lipinski definition) is 1. The molecular weight excluding hydrogens is 194 g/mol. The summed E-state index contributed by atoms with van der Waals surface area (Å²) in [5.41, 5.74) is 10.5. The van der Waals surface area contributed by atoms with E-state index in [1.165, 1.54) is 40.3 Å². The molecule has 0 amide bonds. The molecular formula is C15H17N. The van der Waals surface area contributed by atoms with Crippen LogP contribution in [0.1, 0.15) is 36.1 Å². The van der Waals surface area contributed by atoms with Crippen LogP contribution in [0, 0.1) is 0 Å². The quantitative estimate of drug-likeness (QED) is 0.810. The second kappa shape index (κ2) is 3.60. The van der Waals surface area contributed by atoms with Crippen molar-refractivity contribution in [1.82, 2.24) is 0 Å². The molecule has 1 aliphatic rings. The van der Waals surface area contributed by atoms with E-state index in [0.717, 1.165) is 6.42 Å². The molecule has 1 nitrogen and oxygen atoms in total. The zero-order valence-electron chi connectivity index (χ0n) is 9.66. The molecule has 3 rings (SSSR count). The maximum absolute atomic E-state index is 6.18. The van der Waals surface area contributed by atoms with Crippen molar-refractivity contribution < 1.29 is 0 Å². The zero-order chi connectivity index (χ0) is 11.1. The van der Waals surface area contributed by atoms with Gasteiger partial charge in [0.1, 0.15) is 0 Å². The van der Waals surface area contributed by atoms with E-state index in [4.69, 9.17) is 5.73 Å². The van der Waals surface area contributed by atoms with Gasteiger partial charge in [-0.25, -0.2) is 0 Å². The van der Waals surface area contributed by atoms with Crippen molar-refractivity contribution in [2.75, 3.05) is 0 Å². The lowest BCUT2D eigenvalue weighted by molar-refractivity contribution is 0.704. The molecule has 0 unspecified atom stereocenters. The predicted octanol–water partition coefficient (Wildman–Crippen LogP) is 3.35. The maximum Gasteiger partial charge on any atom is 0.0298 e. The first-order chi connectivity index (χ1) is 7.81. The molecule has 0 radical (unpaired) electrons. The Balaban J connectivity index is 2.33. The van der Waals surface area contributed by atoms with Gasteiger partial charge in [-0.2, -0.15) is 0 Å². The highest BCUT2D eigenvalue weighted by atomic mass is 14.6. The highest BCUT2D eigenvalue weighted by molar-refractivity contribution is 5.93. The molecule has 0 bridgehead atoms. The molecule has 2 aromatic rings. The SMILES string of the molecule is CC[C@H](N)c1ccc2c3c(cccc13)CC2. The topological polar surface area (TPSA) is 26.0 Å². The van der Waals surface area contributed by atoms with E-state index in [-0.39, 0.29) is 6.04 Å². The Morgan fingerprint density at radius 2 is 1.88 bits per heavy atom. The minimum Gasteiger partial charge on any atom is -0.324 e. The van der Waals surface area contributed by atoms with E-state index in [2.05, 4.69) is 37.3 Å². The van der Waals surface area contributed by atoms with E-state index in [1.54, 1.807) is 0 Å². The number of benzene rings is 2. The predicted molar refractivity (Wildman–Crippen MR) is 68.6 cm³/mol. The Hall–Kier alpha value is -1.34. The van der Waals surface area contributed by atoms with Crippen molar-refractivity contribution in [3.8, 4) is 0 Å². The molecule has 2 N–H and O–H groups in total. The third-order valence-corrected chi connectivity index (χ3v) is 3.75. The van der Waals surface area contributed by atoms with Crippen LogP contribution in [0.15, 0.2) is 30.3 Å². The van der Waals surface area contributed by atoms with Crippen LogP contribution in [0.5, 0.6) is 0 Å². The van der Waals surface area contributed by atoms with Crippen molar-refractivity contribution in [1.29, 1.82) is 0 Å². The van der Waals surface area contributed by atoms with Crippen LogP contribution in [0.25, 0.3) is 10.8 Å². The molecule has 1 atom stereocenters. The lowest BCUT2D eigenvalue weighted by Crippen LogP contribution is -2.09. The number of hydrogen-bond donors (Lipinski definition) is 1. The summed E-state index contributed by atoms with van der Waals surface area (Å²) in [6.45, 7) is 2.15. The van der Waals surface area contributed by atoms with Gasteiger partial charge in [-0.3, -0.25) is 0 Å². The third kappa shape index (κ3) is 1.28. The fraction of sp³-hybridized carbons (Fsp3) is 0.333. The lowest BCUT2D eigenvalue weighted by atomic mass is 9.95. The van der Waals surface area contributed by atoms with Gasteiger partial charge in [0.05, 0.1) is 0 Å². The summed E-state index contributed by atoms with van der Waals surface area (Å²) in [5.74, 6) is 0. The lowest BCUT2D eigenvalue weighted by Gasteiger charge is -2.14. The molecule has 82 valence electrons. The standard InChI is InChI=1S/C15H17N/c1-2-14(16)12-9-8-11-7-6-10-4-3-5-13(12)15(10)11/h3-5,8-9,14H,2,6-7,16H2,1H3/t14-/m0/s1. The summed E-state index contributed by atoms with van der Waals surface area (Å²) in [6, 6.07) is 11.3. The second-order valence-corrected chi connectivity index (χ2v) is 4.67. The Morgan fingerprint density at radius 3 is 2.62 bits per heavy atom. The summed E-state index contributed by atoms with van der Waals surface area (Å²) in [5, 5.41) is 2.85. The van der Waals surface area contributed by atoms with Crippen molar-refractivity contribution >= 4 is 10.8 Å². The van der Waals surface area contributed by atoms with Gasteiger partial charge in [0.25, 0.3) is 0 Å². The number of aryl methyl sites for hydroxylation is 2. The summed E-state index contributed by atoms with van der Waals surface area (Å²) < 4.78 is 0. The Bertz CT molecular complexity index is 532. The van der Waals surface area contributed by atoms with E-state index in [9.17, 15) is 0 Å². The first-order valence-corrected chi connectivity index (χ1v) is 6.10. The van der Waals surface area contributed by atoms with Crippen LogP contribution in [0.3, 0.4) is 0 Å². The van der Waals surface area contributed by atoms with Crippen molar-refractivity contribution in [3.63, 3.8) is 0 Å². The molecule has 0 saturated heterocycles. The summed E-state index contributed by atoms with van der Waals surface area (Å²) in [4.78, 5) is 0. The van der Waals surface area contributed by atoms with Crippen LogP contribution in [-0.4, -0.2) is 0 Å². The minimum absolute atomic E-state index is 0.171. The molecule has 1 heteroatoms. The van der Waals surface area contributed by atoms with Crippen LogP contribution < -0.4 is 5.73 Å². The number of rotatable bonds is 2. The molecule has 0 aromatic heterocycles. The van der Waals surface area contributed by atoms with Gasteiger partial charge < -0.3 is 5.73 Å². The monoisotopic (exact) mass is 211 g/mol. The fourth-order valence-electron chi connectivity index (χ4n) is 2.81. The summed E-state index contributed by atoms with van der Waals surface area (Å²) in [7, 11) is 0. The normalized spacial score (nSPS) is 15.6. The molecule has 0 saturated carbocycles. The van der Waals surface area contributed by atoms with E-state index in [1.807, 2.05) is 0 Å². The zero-order valence-corrected chi connectivity index (χ0v) is 9.66. The molecule has 2 aromatic carbocycles. The summed E-state index contributed by atoms with van der Waals surface area (Å²) in [6.07, 6.45) is 3.38. The summed E-state index contributed by atoms with van der Waals surface area (Å²) >= 11 is 0.